The number of aromatic nitrogens is 1. The Morgan fingerprint density at radius 3 is 2.71 bits per heavy atom. The van der Waals surface area contributed by atoms with Crippen LogP contribution in [0.1, 0.15) is 10.4 Å². The fraction of sp³-hybridized carbons (Fsp3) is 0.125. The number of furan rings is 1. The third-order valence-corrected chi connectivity index (χ3v) is 3.19. The predicted molar refractivity (Wildman–Crippen MR) is 77.3 cm³/mol. The molecule has 0 saturated heterocycles. The Hall–Kier alpha value is -2.82. The van der Waals surface area contributed by atoms with Gasteiger partial charge < -0.3 is 13.9 Å². The Kier molecular flexibility index (Phi) is 3.31. The zero-order valence-corrected chi connectivity index (χ0v) is 11.6. The van der Waals surface area contributed by atoms with Gasteiger partial charge in [0.25, 0.3) is 0 Å². The molecular formula is C16H13NO4. The largest absolute Gasteiger partial charge is 0.493 e. The first-order chi connectivity index (χ1) is 10.2. The minimum absolute atomic E-state index is 0.420. The molecule has 0 saturated carbocycles. The van der Waals surface area contributed by atoms with Crippen LogP contribution in [0.5, 0.6) is 5.75 Å². The van der Waals surface area contributed by atoms with Crippen molar-refractivity contribution < 1.29 is 18.7 Å². The number of benzene rings is 1. The van der Waals surface area contributed by atoms with Gasteiger partial charge in [0.2, 0.25) is 0 Å². The lowest BCUT2D eigenvalue weighted by atomic mass is 10.1. The lowest BCUT2D eigenvalue weighted by molar-refractivity contribution is 0.0603. The normalized spacial score (nSPS) is 10.6. The van der Waals surface area contributed by atoms with Crippen molar-refractivity contribution >= 4 is 16.9 Å². The number of pyridine rings is 1. The van der Waals surface area contributed by atoms with Gasteiger partial charge in [0.15, 0.2) is 17.1 Å². The average molecular weight is 283 g/mol. The molecule has 0 amide bonds. The summed E-state index contributed by atoms with van der Waals surface area (Å²) >= 11 is 0. The number of carbonyl (C=O) groups is 1. The maximum atomic E-state index is 11.9. The monoisotopic (exact) mass is 283 g/mol. The first kappa shape index (κ1) is 13.2. The first-order valence-corrected chi connectivity index (χ1v) is 6.35. The molecule has 5 heteroatoms. The van der Waals surface area contributed by atoms with Gasteiger partial charge in [-0.2, -0.15) is 0 Å². The number of hydrogen-bond donors (Lipinski definition) is 0. The van der Waals surface area contributed by atoms with Gasteiger partial charge in [-0.05, 0) is 30.3 Å². The van der Waals surface area contributed by atoms with Gasteiger partial charge in [-0.25, -0.2) is 4.79 Å². The Balaban J connectivity index is 2.25. The highest BCUT2D eigenvalue weighted by molar-refractivity contribution is 6.05. The number of hydrogen-bond acceptors (Lipinski definition) is 5. The molecule has 5 nitrogen and oxygen atoms in total. The molecular weight excluding hydrogens is 270 g/mol. The predicted octanol–water partition coefficient (Wildman–Crippen LogP) is 3.29. The molecule has 2 heterocycles. The topological polar surface area (TPSA) is 61.6 Å². The van der Waals surface area contributed by atoms with Crippen molar-refractivity contribution in [3.8, 4) is 17.2 Å². The summed E-state index contributed by atoms with van der Waals surface area (Å²) in [5.41, 5.74) is 1.62. The number of ether oxygens (including phenoxy) is 2. The van der Waals surface area contributed by atoms with E-state index >= 15 is 0 Å². The van der Waals surface area contributed by atoms with Crippen molar-refractivity contribution in [1.29, 1.82) is 0 Å². The summed E-state index contributed by atoms with van der Waals surface area (Å²) in [6.07, 6.45) is 1.68. The van der Waals surface area contributed by atoms with Crippen molar-refractivity contribution in [1.82, 2.24) is 4.98 Å². The third kappa shape index (κ3) is 2.23. The average Bonchev–Trinajstić information content (AvgIpc) is 2.99. The fourth-order valence-electron chi connectivity index (χ4n) is 2.18. The molecule has 1 aromatic carbocycles. The van der Waals surface area contributed by atoms with Crippen LogP contribution < -0.4 is 4.74 Å². The van der Waals surface area contributed by atoms with Gasteiger partial charge in [0.1, 0.15) is 5.69 Å². The Bertz CT molecular complexity index is 793. The van der Waals surface area contributed by atoms with Crippen LogP contribution in [-0.2, 0) is 4.74 Å². The van der Waals surface area contributed by atoms with E-state index in [0.29, 0.717) is 33.7 Å². The molecule has 0 atom stereocenters. The van der Waals surface area contributed by atoms with E-state index < -0.39 is 5.97 Å². The van der Waals surface area contributed by atoms with E-state index in [-0.39, 0.29) is 0 Å². The zero-order valence-electron chi connectivity index (χ0n) is 11.6. The second-order valence-electron chi connectivity index (χ2n) is 4.38. The maximum Gasteiger partial charge on any atom is 0.338 e. The smallest absolute Gasteiger partial charge is 0.338 e. The van der Waals surface area contributed by atoms with Crippen molar-refractivity contribution in [2.24, 2.45) is 0 Å². The zero-order chi connectivity index (χ0) is 14.8. The maximum absolute atomic E-state index is 11.9. The van der Waals surface area contributed by atoms with Gasteiger partial charge in [-0.1, -0.05) is 6.07 Å². The molecule has 3 aromatic rings. The summed E-state index contributed by atoms with van der Waals surface area (Å²) in [6.45, 7) is 0. The first-order valence-electron chi connectivity index (χ1n) is 6.35. The molecule has 0 aliphatic rings. The van der Waals surface area contributed by atoms with Crippen LogP contribution in [0.4, 0.5) is 0 Å². The molecule has 3 rings (SSSR count). The molecule has 0 unspecified atom stereocenters. The van der Waals surface area contributed by atoms with Crippen LogP contribution in [0.15, 0.2) is 47.0 Å². The highest BCUT2D eigenvalue weighted by Gasteiger charge is 2.18. The highest BCUT2D eigenvalue weighted by atomic mass is 16.5. The van der Waals surface area contributed by atoms with E-state index in [2.05, 4.69) is 4.98 Å². The van der Waals surface area contributed by atoms with E-state index in [1.54, 1.807) is 31.5 Å². The van der Waals surface area contributed by atoms with Gasteiger partial charge in [-0.15, -0.1) is 0 Å². The molecule has 0 aliphatic carbocycles. The van der Waals surface area contributed by atoms with E-state index in [9.17, 15) is 4.79 Å². The summed E-state index contributed by atoms with van der Waals surface area (Å²) in [6, 6.07) is 10.6. The Morgan fingerprint density at radius 2 is 2.05 bits per heavy atom. The minimum Gasteiger partial charge on any atom is -0.493 e. The van der Waals surface area contributed by atoms with Crippen molar-refractivity contribution in [2.75, 3.05) is 14.2 Å². The fourth-order valence-corrected chi connectivity index (χ4v) is 2.18. The number of methoxy groups -OCH3 is 2. The summed E-state index contributed by atoms with van der Waals surface area (Å²) in [4.78, 5) is 16.1. The van der Waals surface area contributed by atoms with Crippen LogP contribution in [-0.4, -0.2) is 25.2 Å². The Morgan fingerprint density at radius 1 is 1.19 bits per heavy atom. The molecule has 0 radical (unpaired) electrons. The minimum atomic E-state index is -0.420. The van der Waals surface area contributed by atoms with Gasteiger partial charge in [0, 0.05) is 11.6 Å². The summed E-state index contributed by atoms with van der Waals surface area (Å²) in [5, 5.41) is 0.641. The van der Waals surface area contributed by atoms with Gasteiger partial charge in [-0.3, -0.25) is 4.98 Å². The molecule has 2 aromatic heterocycles. The number of rotatable bonds is 3. The summed E-state index contributed by atoms with van der Waals surface area (Å²) in [7, 11) is 2.90. The Labute approximate surface area is 121 Å². The standard InChI is InChI=1S/C16H13NO4/c1-19-13-7-6-10(16(18)20-2)11-9-14(21-15(11)13)12-5-3-4-8-17-12/h3-9H,1-2H3. The summed E-state index contributed by atoms with van der Waals surface area (Å²) in [5.74, 6) is 0.705. The quantitative estimate of drug-likeness (QED) is 0.690. The lowest BCUT2D eigenvalue weighted by Crippen LogP contribution is -2.01. The number of fused-ring (bicyclic) bond motifs is 1. The van der Waals surface area contributed by atoms with Crippen LogP contribution in [0.25, 0.3) is 22.4 Å². The summed E-state index contributed by atoms with van der Waals surface area (Å²) < 4.78 is 15.9. The van der Waals surface area contributed by atoms with Crippen molar-refractivity contribution in [2.45, 2.75) is 0 Å². The molecule has 0 N–H and O–H groups in total. The number of nitrogens with zero attached hydrogens (tertiary/aromatic N) is 1. The van der Waals surface area contributed by atoms with Gasteiger partial charge >= 0.3 is 5.97 Å². The number of esters is 1. The molecule has 0 spiro atoms. The van der Waals surface area contributed by atoms with E-state index in [4.69, 9.17) is 13.9 Å². The second-order valence-corrected chi connectivity index (χ2v) is 4.38. The van der Waals surface area contributed by atoms with Crippen molar-refractivity contribution in [3.63, 3.8) is 0 Å². The third-order valence-electron chi connectivity index (χ3n) is 3.19. The number of carbonyl (C=O) groups excluding carboxylic acids is 1. The van der Waals surface area contributed by atoms with Crippen LogP contribution in [0, 0.1) is 0 Å². The molecule has 106 valence electrons. The molecule has 0 aliphatic heterocycles. The van der Waals surface area contributed by atoms with Gasteiger partial charge in [0.05, 0.1) is 19.8 Å². The van der Waals surface area contributed by atoms with E-state index in [0.717, 1.165) is 0 Å². The van der Waals surface area contributed by atoms with Crippen LogP contribution in [0.3, 0.4) is 0 Å². The van der Waals surface area contributed by atoms with Crippen LogP contribution >= 0.6 is 0 Å². The lowest BCUT2D eigenvalue weighted by Gasteiger charge is -2.04. The SMILES string of the molecule is COC(=O)c1ccc(OC)c2oc(-c3ccccn3)cc12. The second kappa shape index (κ2) is 5.28. The molecule has 0 bridgehead atoms. The highest BCUT2D eigenvalue weighted by Crippen LogP contribution is 2.35. The van der Waals surface area contributed by atoms with E-state index in [1.807, 2.05) is 18.2 Å². The molecule has 0 fully saturated rings. The van der Waals surface area contributed by atoms with Crippen LogP contribution in [0.2, 0.25) is 0 Å². The van der Waals surface area contributed by atoms with E-state index in [1.165, 1.54) is 7.11 Å². The van der Waals surface area contributed by atoms with Crippen molar-refractivity contribution in [3.05, 3.63) is 48.2 Å². The molecule has 21 heavy (non-hydrogen) atoms.